The summed E-state index contributed by atoms with van der Waals surface area (Å²) in [6, 6.07) is 14.6. The Morgan fingerprint density at radius 1 is 1.06 bits per heavy atom. The Balaban J connectivity index is 1.34. The van der Waals surface area contributed by atoms with Gasteiger partial charge in [-0.3, -0.25) is 9.59 Å². The average molecular weight is 469 g/mol. The van der Waals surface area contributed by atoms with Gasteiger partial charge < -0.3 is 30.0 Å². The van der Waals surface area contributed by atoms with Crippen molar-refractivity contribution in [2.75, 3.05) is 26.4 Å². The number of aliphatic carboxylic acids is 1. The minimum Gasteiger partial charge on any atom is -0.481 e. The topological polar surface area (TPSA) is 123 Å². The quantitative estimate of drug-likeness (QED) is 0.517. The standard InChI is InChI=1S/C25H28N2O7/c1-25(33-12-13-34-25)10-11-26-23(30)21(14-22(28)29)27-24(31)32-15-20-18-8-4-2-6-16(18)17-7-3-5-9-19(17)20/h2-9,20-21H,10-15H2,1H3,(H,26,30)(H,27,31)(H,28,29). The number of hydrogen-bond acceptors (Lipinski definition) is 6. The van der Waals surface area contributed by atoms with Crippen molar-refractivity contribution in [1.29, 1.82) is 0 Å². The van der Waals surface area contributed by atoms with Gasteiger partial charge in [0.15, 0.2) is 5.79 Å². The molecular weight excluding hydrogens is 440 g/mol. The van der Waals surface area contributed by atoms with Gasteiger partial charge in [-0.25, -0.2) is 4.79 Å². The van der Waals surface area contributed by atoms with Crippen LogP contribution in [0.3, 0.4) is 0 Å². The third-order valence-corrected chi connectivity index (χ3v) is 6.11. The van der Waals surface area contributed by atoms with E-state index in [2.05, 4.69) is 10.6 Å². The van der Waals surface area contributed by atoms with Crippen LogP contribution in [-0.4, -0.2) is 61.3 Å². The molecule has 1 aliphatic carbocycles. The van der Waals surface area contributed by atoms with Gasteiger partial charge in [-0.2, -0.15) is 0 Å². The fourth-order valence-corrected chi connectivity index (χ4v) is 4.40. The number of nitrogens with one attached hydrogen (secondary N) is 2. The monoisotopic (exact) mass is 468 g/mol. The first-order valence-electron chi connectivity index (χ1n) is 11.3. The van der Waals surface area contributed by atoms with E-state index < -0.39 is 36.2 Å². The highest BCUT2D eigenvalue weighted by Gasteiger charge is 2.32. The van der Waals surface area contributed by atoms with Gasteiger partial charge in [-0.1, -0.05) is 48.5 Å². The molecule has 1 aliphatic heterocycles. The Labute approximate surface area is 197 Å². The van der Waals surface area contributed by atoms with Gasteiger partial charge in [0, 0.05) is 18.9 Å². The van der Waals surface area contributed by atoms with Crippen LogP contribution in [0.2, 0.25) is 0 Å². The maximum Gasteiger partial charge on any atom is 0.407 e. The number of carboxylic acid groups (broad SMARTS) is 1. The molecule has 4 rings (SSSR count). The summed E-state index contributed by atoms with van der Waals surface area (Å²) in [6.45, 7) is 3.01. The van der Waals surface area contributed by atoms with E-state index in [1.807, 2.05) is 48.5 Å². The number of rotatable bonds is 9. The van der Waals surface area contributed by atoms with Crippen LogP contribution in [-0.2, 0) is 23.8 Å². The lowest BCUT2D eigenvalue weighted by atomic mass is 9.98. The normalized spacial score (nSPS) is 16.9. The number of benzene rings is 2. The zero-order valence-electron chi connectivity index (χ0n) is 18.9. The number of carbonyl (C=O) groups is 3. The maximum atomic E-state index is 12.6. The molecule has 2 aromatic rings. The number of carbonyl (C=O) groups excluding carboxylic acids is 2. The lowest BCUT2D eigenvalue weighted by molar-refractivity contribution is -0.147. The molecule has 9 nitrogen and oxygen atoms in total. The number of amides is 2. The molecule has 34 heavy (non-hydrogen) atoms. The molecule has 1 unspecified atom stereocenters. The molecule has 2 aliphatic rings. The van der Waals surface area contributed by atoms with Crippen LogP contribution in [0.15, 0.2) is 48.5 Å². The van der Waals surface area contributed by atoms with E-state index in [9.17, 15) is 19.5 Å². The van der Waals surface area contributed by atoms with E-state index in [-0.39, 0.29) is 19.1 Å². The first-order valence-corrected chi connectivity index (χ1v) is 11.3. The molecule has 0 radical (unpaired) electrons. The minimum absolute atomic E-state index is 0.0638. The summed E-state index contributed by atoms with van der Waals surface area (Å²) in [6.07, 6.45) is -1.03. The lowest BCUT2D eigenvalue weighted by Crippen LogP contribution is -2.49. The number of hydrogen-bond donors (Lipinski definition) is 3. The van der Waals surface area contributed by atoms with Crippen LogP contribution in [0.5, 0.6) is 0 Å². The van der Waals surface area contributed by atoms with E-state index in [1.165, 1.54) is 0 Å². The molecule has 0 spiro atoms. The van der Waals surface area contributed by atoms with Crippen molar-refractivity contribution in [2.45, 2.75) is 37.5 Å². The molecule has 2 aromatic carbocycles. The Kier molecular flexibility index (Phi) is 7.14. The zero-order valence-corrected chi connectivity index (χ0v) is 18.9. The second-order valence-corrected chi connectivity index (χ2v) is 8.49. The molecule has 0 aromatic heterocycles. The number of carboxylic acids is 1. The molecular formula is C25H28N2O7. The second-order valence-electron chi connectivity index (χ2n) is 8.49. The zero-order chi connectivity index (χ0) is 24.1. The predicted octanol–water partition coefficient (Wildman–Crippen LogP) is 2.64. The van der Waals surface area contributed by atoms with Gasteiger partial charge in [-0.05, 0) is 29.2 Å². The fraction of sp³-hybridized carbons (Fsp3) is 0.400. The van der Waals surface area contributed by atoms with Crippen molar-refractivity contribution < 1.29 is 33.7 Å². The Morgan fingerprint density at radius 3 is 2.24 bits per heavy atom. The van der Waals surface area contributed by atoms with Gasteiger partial charge in [-0.15, -0.1) is 0 Å². The second kappa shape index (κ2) is 10.2. The van der Waals surface area contributed by atoms with E-state index in [0.717, 1.165) is 22.3 Å². The molecule has 0 saturated carbocycles. The van der Waals surface area contributed by atoms with Gasteiger partial charge in [0.1, 0.15) is 12.6 Å². The first kappa shape index (κ1) is 23.7. The predicted molar refractivity (Wildman–Crippen MR) is 122 cm³/mol. The Bertz CT molecular complexity index is 1020. The fourth-order valence-electron chi connectivity index (χ4n) is 4.40. The maximum absolute atomic E-state index is 12.6. The summed E-state index contributed by atoms with van der Waals surface area (Å²) in [7, 11) is 0. The van der Waals surface area contributed by atoms with E-state index >= 15 is 0 Å². The van der Waals surface area contributed by atoms with E-state index in [1.54, 1.807) is 6.92 Å². The molecule has 1 atom stereocenters. The van der Waals surface area contributed by atoms with Crippen molar-refractivity contribution in [3.63, 3.8) is 0 Å². The summed E-state index contributed by atoms with van der Waals surface area (Å²) in [5.74, 6) is -2.75. The van der Waals surface area contributed by atoms with Crippen molar-refractivity contribution in [3.05, 3.63) is 59.7 Å². The highest BCUT2D eigenvalue weighted by atomic mass is 16.7. The van der Waals surface area contributed by atoms with Crippen LogP contribution in [0, 0.1) is 0 Å². The molecule has 9 heteroatoms. The number of fused-ring (bicyclic) bond motifs is 3. The lowest BCUT2D eigenvalue weighted by Gasteiger charge is -2.23. The van der Waals surface area contributed by atoms with Crippen LogP contribution in [0.1, 0.15) is 36.8 Å². The van der Waals surface area contributed by atoms with E-state index in [4.69, 9.17) is 14.2 Å². The van der Waals surface area contributed by atoms with Crippen molar-refractivity contribution in [3.8, 4) is 11.1 Å². The SMILES string of the molecule is CC1(CCNC(=O)C(CC(=O)O)NC(=O)OCC2c3ccccc3-c3ccccc32)OCCO1. The highest BCUT2D eigenvalue weighted by molar-refractivity contribution is 5.89. The number of alkyl carbamates (subject to hydrolysis) is 1. The molecule has 1 heterocycles. The summed E-state index contributed by atoms with van der Waals surface area (Å²) >= 11 is 0. The molecule has 2 amide bonds. The number of ether oxygens (including phenoxy) is 3. The minimum atomic E-state index is -1.27. The smallest absolute Gasteiger partial charge is 0.407 e. The van der Waals surface area contributed by atoms with Gasteiger partial charge >= 0.3 is 12.1 Å². The summed E-state index contributed by atoms with van der Waals surface area (Å²) in [5, 5.41) is 14.2. The van der Waals surface area contributed by atoms with E-state index in [0.29, 0.717) is 19.6 Å². The average Bonchev–Trinajstić information content (AvgIpc) is 3.38. The van der Waals surface area contributed by atoms with Gasteiger partial charge in [0.2, 0.25) is 5.91 Å². The Morgan fingerprint density at radius 2 is 1.65 bits per heavy atom. The molecule has 3 N–H and O–H groups in total. The van der Waals surface area contributed by atoms with Crippen LogP contribution < -0.4 is 10.6 Å². The van der Waals surface area contributed by atoms with Gasteiger partial charge in [0.05, 0.1) is 19.6 Å². The Hall–Kier alpha value is -3.43. The summed E-state index contributed by atoms with van der Waals surface area (Å²) in [4.78, 5) is 36.3. The summed E-state index contributed by atoms with van der Waals surface area (Å²) in [5.41, 5.74) is 4.31. The van der Waals surface area contributed by atoms with Crippen molar-refractivity contribution in [2.24, 2.45) is 0 Å². The highest BCUT2D eigenvalue weighted by Crippen LogP contribution is 2.44. The van der Waals surface area contributed by atoms with Gasteiger partial charge in [0.25, 0.3) is 0 Å². The molecule has 1 saturated heterocycles. The van der Waals surface area contributed by atoms with Crippen molar-refractivity contribution >= 4 is 18.0 Å². The van der Waals surface area contributed by atoms with Crippen molar-refractivity contribution in [1.82, 2.24) is 10.6 Å². The third kappa shape index (κ3) is 5.37. The van der Waals surface area contributed by atoms with Crippen LogP contribution in [0.25, 0.3) is 11.1 Å². The molecule has 0 bridgehead atoms. The van der Waals surface area contributed by atoms with Crippen LogP contribution in [0.4, 0.5) is 4.79 Å². The largest absolute Gasteiger partial charge is 0.481 e. The molecule has 180 valence electrons. The third-order valence-electron chi connectivity index (χ3n) is 6.11. The first-order chi connectivity index (χ1) is 16.4. The molecule has 1 fully saturated rings. The van der Waals surface area contributed by atoms with Crippen LogP contribution >= 0.6 is 0 Å². The summed E-state index contributed by atoms with van der Waals surface area (Å²) < 4.78 is 16.4.